The molecule has 0 aliphatic heterocycles. The van der Waals surface area contributed by atoms with Crippen LogP contribution in [0.1, 0.15) is 11.3 Å². The third-order valence-corrected chi connectivity index (χ3v) is 2.52. The van der Waals surface area contributed by atoms with Crippen LogP contribution in [-0.2, 0) is 7.05 Å². The molecule has 3 N–H and O–H groups in total. The second-order valence-electron chi connectivity index (χ2n) is 3.50. The summed E-state index contributed by atoms with van der Waals surface area (Å²) >= 11 is 5.81. The van der Waals surface area contributed by atoms with Crippen molar-refractivity contribution < 1.29 is 5.21 Å². The van der Waals surface area contributed by atoms with Gasteiger partial charge in [-0.05, 0) is 6.92 Å². The highest BCUT2D eigenvalue weighted by Gasteiger charge is 2.19. The predicted molar refractivity (Wildman–Crippen MR) is 62.6 cm³/mol. The molecule has 2 aromatic rings. The van der Waals surface area contributed by atoms with E-state index in [0.29, 0.717) is 22.1 Å². The largest absolute Gasteiger partial charge is 0.409 e. The van der Waals surface area contributed by atoms with Gasteiger partial charge in [0.2, 0.25) is 0 Å². The van der Waals surface area contributed by atoms with E-state index >= 15 is 0 Å². The van der Waals surface area contributed by atoms with E-state index in [1.807, 2.05) is 0 Å². The summed E-state index contributed by atoms with van der Waals surface area (Å²) in [5.74, 6) is 0.571. The predicted octanol–water partition coefficient (Wildman–Crippen LogP) is 0.662. The zero-order valence-corrected chi connectivity index (χ0v) is 10.0. The van der Waals surface area contributed by atoms with Crippen molar-refractivity contribution in [2.24, 2.45) is 17.9 Å². The number of halogens is 1. The van der Waals surface area contributed by atoms with Crippen LogP contribution < -0.4 is 5.73 Å². The van der Waals surface area contributed by atoms with Crippen molar-refractivity contribution in [3.05, 3.63) is 28.7 Å². The fraction of sp³-hybridized carbons (Fsp3) is 0.222. The first-order valence-electron chi connectivity index (χ1n) is 4.76. The minimum Gasteiger partial charge on any atom is -0.409 e. The van der Waals surface area contributed by atoms with Crippen molar-refractivity contribution >= 4 is 17.4 Å². The molecular weight excluding hydrogens is 244 g/mol. The lowest BCUT2D eigenvalue weighted by atomic mass is 10.2. The summed E-state index contributed by atoms with van der Waals surface area (Å²) in [5.41, 5.74) is 6.79. The van der Waals surface area contributed by atoms with Gasteiger partial charge < -0.3 is 10.9 Å². The third kappa shape index (κ3) is 1.84. The molecule has 0 spiro atoms. The molecule has 2 aromatic heterocycles. The molecule has 0 bridgehead atoms. The first-order chi connectivity index (χ1) is 8.04. The minimum atomic E-state index is -0.0165. The highest BCUT2D eigenvalue weighted by molar-refractivity contribution is 6.30. The first kappa shape index (κ1) is 11.5. The van der Waals surface area contributed by atoms with Crippen LogP contribution in [0.15, 0.2) is 17.5 Å². The number of hydrogen-bond acceptors (Lipinski definition) is 4. The fourth-order valence-corrected chi connectivity index (χ4v) is 1.81. The van der Waals surface area contributed by atoms with Gasteiger partial charge in [-0.3, -0.25) is 4.68 Å². The van der Waals surface area contributed by atoms with Gasteiger partial charge >= 0.3 is 0 Å². The summed E-state index contributed by atoms with van der Waals surface area (Å²) in [6.45, 7) is 1.77. The molecule has 2 heterocycles. The van der Waals surface area contributed by atoms with Gasteiger partial charge in [-0.25, -0.2) is 4.68 Å². The van der Waals surface area contributed by atoms with E-state index in [9.17, 15) is 0 Å². The average Bonchev–Trinajstić information content (AvgIpc) is 2.81. The Morgan fingerprint density at radius 3 is 2.82 bits per heavy atom. The van der Waals surface area contributed by atoms with Gasteiger partial charge in [0.1, 0.15) is 0 Å². The van der Waals surface area contributed by atoms with E-state index < -0.39 is 0 Å². The maximum absolute atomic E-state index is 8.77. The Bertz CT molecular complexity index is 584. The van der Waals surface area contributed by atoms with Gasteiger partial charge in [0.25, 0.3) is 0 Å². The lowest BCUT2D eigenvalue weighted by Crippen LogP contribution is -2.17. The van der Waals surface area contributed by atoms with Crippen LogP contribution in [0.5, 0.6) is 0 Å². The molecule has 0 aliphatic carbocycles. The molecular formula is C9H11ClN6O. The zero-order chi connectivity index (χ0) is 12.6. The number of amidine groups is 1. The van der Waals surface area contributed by atoms with Crippen LogP contribution in [-0.4, -0.2) is 30.6 Å². The Balaban J connectivity index is 2.68. The van der Waals surface area contributed by atoms with Crippen molar-refractivity contribution in [1.82, 2.24) is 19.6 Å². The van der Waals surface area contributed by atoms with Crippen LogP contribution in [0.4, 0.5) is 0 Å². The van der Waals surface area contributed by atoms with E-state index in [-0.39, 0.29) is 5.84 Å². The maximum Gasteiger partial charge on any atom is 0.175 e. The zero-order valence-electron chi connectivity index (χ0n) is 9.29. The Morgan fingerprint density at radius 2 is 2.29 bits per heavy atom. The van der Waals surface area contributed by atoms with Crippen molar-refractivity contribution in [3.8, 4) is 5.82 Å². The van der Waals surface area contributed by atoms with E-state index in [4.69, 9.17) is 22.5 Å². The van der Waals surface area contributed by atoms with Gasteiger partial charge in [-0.2, -0.15) is 10.2 Å². The molecule has 0 unspecified atom stereocenters. The highest BCUT2D eigenvalue weighted by atomic mass is 35.5. The van der Waals surface area contributed by atoms with Crippen molar-refractivity contribution in [3.63, 3.8) is 0 Å². The normalized spacial score (nSPS) is 12.1. The molecule has 0 aliphatic rings. The molecule has 0 saturated heterocycles. The number of nitrogens with two attached hydrogens (primary N) is 1. The molecule has 0 amide bonds. The molecule has 0 saturated carbocycles. The van der Waals surface area contributed by atoms with Gasteiger partial charge in [-0.15, -0.1) is 0 Å². The van der Waals surface area contributed by atoms with Gasteiger partial charge in [0, 0.05) is 7.05 Å². The molecule has 7 nitrogen and oxygen atoms in total. The lowest BCUT2D eigenvalue weighted by molar-refractivity contribution is 0.318. The van der Waals surface area contributed by atoms with Crippen molar-refractivity contribution in [2.75, 3.05) is 0 Å². The topological polar surface area (TPSA) is 94.2 Å². The summed E-state index contributed by atoms with van der Waals surface area (Å²) in [4.78, 5) is 0. The van der Waals surface area contributed by atoms with Crippen LogP contribution in [0, 0.1) is 6.92 Å². The Labute approximate surface area is 102 Å². The molecule has 2 rings (SSSR count). The number of oxime groups is 1. The highest BCUT2D eigenvalue weighted by Crippen LogP contribution is 2.18. The maximum atomic E-state index is 8.77. The van der Waals surface area contributed by atoms with Crippen LogP contribution >= 0.6 is 11.6 Å². The standard InChI is InChI=1S/C9H11ClN6O/c1-5-7(8(11)14-17)9(15(2)13-5)16-4-6(10)3-12-16/h3-4,17H,1-2H3,(H2,11,14). The number of aryl methyl sites for hydroxylation is 2. The smallest absolute Gasteiger partial charge is 0.175 e. The summed E-state index contributed by atoms with van der Waals surface area (Å²) in [6.07, 6.45) is 3.12. The molecule has 0 fully saturated rings. The summed E-state index contributed by atoms with van der Waals surface area (Å²) in [5, 5.41) is 20.5. The van der Waals surface area contributed by atoms with E-state index in [0.717, 1.165) is 0 Å². The lowest BCUT2D eigenvalue weighted by Gasteiger charge is -2.04. The van der Waals surface area contributed by atoms with Crippen molar-refractivity contribution in [2.45, 2.75) is 6.92 Å². The molecule has 8 heteroatoms. The molecule has 17 heavy (non-hydrogen) atoms. The third-order valence-electron chi connectivity index (χ3n) is 2.32. The Morgan fingerprint density at radius 1 is 1.59 bits per heavy atom. The van der Waals surface area contributed by atoms with Crippen LogP contribution in [0.2, 0.25) is 5.02 Å². The van der Waals surface area contributed by atoms with E-state index in [1.165, 1.54) is 10.9 Å². The Hall–Kier alpha value is -2.02. The van der Waals surface area contributed by atoms with Crippen LogP contribution in [0.3, 0.4) is 0 Å². The quantitative estimate of drug-likeness (QED) is 0.356. The van der Waals surface area contributed by atoms with Gasteiger partial charge in [-0.1, -0.05) is 16.8 Å². The minimum absolute atomic E-state index is 0.0165. The first-order valence-corrected chi connectivity index (χ1v) is 5.14. The molecule has 0 radical (unpaired) electrons. The number of hydrogen-bond donors (Lipinski definition) is 2. The molecule has 90 valence electrons. The molecule has 0 atom stereocenters. The van der Waals surface area contributed by atoms with Gasteiger partial charge in [0.05, 0.1) is 28.7 Å². The number of nitrogens with zero attached hydrogens (tertiary/aromatic N) is 5. The summed E-state index contributed by atoms with van der Waals surface area (Å²) in [6, 6.07) is 0. The number of rotatable bonds is 2. The van der Waals surface area contributed by atoms with Crippen molar-refractivity contribution in [1.29, 1.82) is 0 Å². The van der Waals surface area contributed by atoms with Crippen LogP contribution in [0.25, 0.3) is 5.82 Å². The fourth-order valence-electron chi connectivity index (χ4n) is 1.68. The molecule has 0 aromatic carbocycles. The second-order valence-corrected chi connectivity index (χ2v) is 3.93. The van der Waals surface area contributed by atoms with Gasteiger partial charge in [0.15, 0.2) is 11.7 Å². The van der Waals surface area contributed by atoms with E-state index in [1.54, 1.807) is 24.9 Å². The monoisotopic (exact) mass is 254 g/mol. The number of aromatic nitrogens is 4. The van der Waals surface area contributed by atoms with E-state index in [2.05, 4.69) is 15.4 Å². The SMILES string of the molecule is Cc1nn(C)c(-n2cc(Cl)cn2)c1C(N)=NO. The average molecular weight is 255 g/mol. The second kappa shape index (κ2) is 4.10. The summed E-state index contributed by atoms with van der Waals surface area (Å²) in [7, 11) is 1.74. The Kier molecular flexibility index (Phi) is 2.76. The summed E-state index contributed by atoms with van der Waals surface area (Å²) < 4.78 is 3.11.